The lowest BCUT2D eigenvalue weighted by molar-refractivity contribution is 0.310. The van der Waals surface area contributed by atoms with E-state index in [0.29, 0.717) is 12.0 Å². The van der Waals surface area contributed by atoms with Crippen LogP contribution in [-0.2, 0) is 6.54 Å². The van der Waals surface area contributed by atoms with Crippen molar-refractivity contribution in [1.82, 2.24) is 9.88 Å². The quantitative estimate of drug-likeness (QED) is 0.876. The molecule has 0 radical (unpaired) electrons. The number of nitrogens with two attached hydrogens (primary N) is 1. The van der Waals surface area contributed by atoms with E-state index in [9.17, 15) is 0 Å². The summed E-state index contributed by atoms with van der Waals surface area (Å²) in [4.78, 5) is 8.40. The van der Waals surface area contributed by atoms with Gasteiger partial charge in [0.25, 0.3) is 0 Å². The number of likely N-dealkylation sites (tertiary alicyclic amines) is 1. The Kier molecular flexibility index (Phi) is 3.62. The molecule has 2 atom stereocenters. The largest absolute Gasteiger partial charge is 0.328 e. The summed E-state index contributed by atoms with van der Waals surface area (Å²) in [6.07, 6.45) is 1.24. The van der Waals surface area contributed by atoms with Gasteiger partial charge in [-0.3, -0.25) is 4.90 Å². The van der Waals surface area contributed by atoms with Gasteiger partial charge in [0.2, 0.25) is 0 Å². The van der Waals surface area contributed by atoms with Crippen LogP contribution in [0.15, 0.2) is 0 Å². The zero-order chi connectivity index (χ0) is 11.7. The molecule has 2 unspecified atom stereocenters. The van der Waals surface area contributed by atoms with Crippen LogP contribution in [0, 0.1) is 19.8 Å². The highest BCUT2D eigenvalue weighted by Gasteiger charge is 2.25. The maximum absolute atomic E-state index is 5.95. The molecule has 16 heavy (non-hydrogen) atoms. The van der Waals surface area contributed by atoms with E-state index in [2.05, 4.69) is 30.7 Å². The number of rotatable bonds is 3. The third-order valence-electron chi connectivity index (χ3n) is 3.42. The summed E-state index contributed by atoms with van der Waals surface area (Å²) >= 11 is 1.83. The average molecular weight is 239 g/mol. The second kappa shape index (κ2) is 4.82. The van der Waals surface area contributed by atoms with Crippen molar-refractivity contribution >= 4 is 11.3 Å². The van der Waals surface area contributed by atoms with E-state index < -0.39 is 0 Å². The lowest BCUT2D eigenvalue weighted by atomic mass is 10.0. The number of hydrogen-bond donors (Lipinski definition) is 1. The van der Waals surface area contributed by atoms with Crippen LogP contribution in [0.4, 0.5) is 0 Å². The minimum absolute atomic E-state index is 0.328. The molecule has 1 fully saturated rings. The SMILES string of the molecule is Cc1nc(C)c(CN2CCC(C(C)N)C2)s1. The number of aryl methyl sites for hydroxylation is 2. The molecule has 0 saturated carbocycles. The molecule has 1 aliphatic heterocycles. The van der Waals surface area contributed by atoms with Crippen LogP contribution in [0.3, 0.4) is 0 Å². The molecule has 1 saturated heterocycles. The predicted octanol–water partition coefficient (Wildman–Crippen LogP) is 1.93. The highest BCUT2D eigenvalue weighted by atomic mass is 32.1. The predicted molar refractivity (Wildman–Crippen MR) is 68.6 cm³/mol. The first-order valence-corrected chi connectivity index (χ1v) is 6.78. The Hall–Kier alpha value is -0.450. The van der Waals surface area contributed by atoms with Crippen LogP contribution in [0.25, 0.3) is 0 Å². The molecule has 90 valence electrons. The zero-order valence-electron chi connectivity index (χ0n) is 10.4. The van der Waals surface area contributed by atoms with Crippen molar-refractivity contribution in [2.75, 3.05) is 13.1 Å². The van der Waals surface area contributed by atoms with Gasteiger partial charge in [-0.05, 0) is 39.7 Å². The first-order valence-electron chi connectivity index (χ1n) is 5.97. The van der Waals surface area contributed by atoms with Crippen LogP contribution in [0.5, 0.6) is 0 Å². The number of hydrogen-bond acceptors (Lipinski definition) is 4. The Morgan fingerprint density at radius 2 is 2.31 bits per heavy atom. The van der Waals surface area contributed by atoms with E-state index in [1.807, 2.05) is 11.3 Å². The van der Waals surface area contributed by atoms with Crippen LogP contribution in [-0.4, -0.2) is 29.0 Å². The van der Waals surface area contributed by atoms with Gasteiger partial charge in [-0.25, -0.2) is 4.98 Å². The van der Waals surface area contributed by atoms with Crippen LogP contribution < -0.4 is 5.73 Å². The van der Waals surface area contributed by atoms with Crippen LogP contribution in [0.2, 0.25) is 0 Å². The summed E-state index contributed by atoms with van der Waals surface area (Å²) in [5.41, 5.74) is 7.15. The van der Waals surface area contributed by atoms with Gasteiger partial charge >= 0.3 is 0 Å². The Labute approximate surface area is 102 Å². The second-order valence-electron chi connectivity index (χ2n) is 4.88. The molecule has 1 aromatic heterocycles. The molecule has 0 bridgehead atoms. The van der Waals surface area contributed by atoms with E-state index in [-0.39, 0.29) is 0 Å². The van der Waals surface area contributed by atoms with Crippen molar-refractivity contribution in [2.24, 2.45) is 11.7 Å². The molecule has 0 aliphatic carbocycles. The molecule has 2 rings (SSSR count). The summed E-state index contributed by atoms with van der Waals surface area (Å²) in [6, 6.07) is 0.328. The third-order valence-corrected chi connectivity index (χ3v) is 4.48. The summed E-state index contributed by atoms with van der Waals surface area (Å²) in [6.45, 7) is 9.70. The van der Waals surface area contributed by atoms with Crippen LogP contribution in [0.1, 0.15) is 28.9 Å². The fraction of sp³-hybridized carbons (Fsp3) is 0.750. The van der Waals surface area contributed by atoms with Crippen molar-refractivity contribution in [2.45, 2.75) is 39.8 Å². The Balaban J connectivity index is 1.94. The van der Waals surface area contributed by atoms with Gasteiger partial charge in [-0.2, -0.15) is 0 Å². The molecule has 0 aromatic carbocycles. The van der Waals surface area contributed by atoms with Crippen LogP contribution >= 0.6 is 11.3 Å². The Morgan fingerprint density at radius 1 is 1.56 bits per heavy atom. The molecule has 0 spiro atoms. The van der Waals surface area contributed by atoms with E-state index in [1.165, 1.54) is 28.5 Å². The standard InChI is InChI=1S/C12H21N3S/c1-8(13)11-4-5-15(6-11)7-12-9(2)14-10(3)16-12/h8,11H,4-7,13H2,1-3H3. The van der Waals surface area contributed by atoms with Gasteiger partial charge < -0.3 is 5.73 Å². The van der Waals surface area contributed by atoms with Crippen molar-refractivity contribution in [3.05, 3.63) is 15.6 Å². The lowest BCUT2D eigenvalue weighted by Gasteiger charge is -2.17. The van der Waals surface area contributed by atoms with Crippen molar-refractivity contribution in [3.63, 3.8) is 0 Å². The molecule has 1 aliphatic rings. The zero-order valence-corrected chi connectivity index (χ0v) is 11.2. The van der Waals surface area contributed by atoms with Crippen molar-refractivity contribution in [3.8, 4) is 0 Å². The fourth-order valence-electron chi connectivity index (χ4n) is 2.36. The lowest BCUT2D eigenvalue weighted by Crippen LogP contribution is -2.29. The van der Waals surface area contributed by atoms with E-state index in [1.54, 1.807) is 0 Å². The molecule has 3 nitrogen and oxygen atoms in total. The number of aromatic nitrogens is 1. The highest BCUT2D eigenvalue weighted by molar-refractivity contribution is 7.11. The van der Waals surface area contributed by atoms with Gasteiger partial charge in [-0.1, -0.05) is 0 Å². The van der Waals surface area contributed by atoms with Crippen molar-refractivity contribution < 1.29 is 0 Å². The first kappa shape index (κ1) is 12.0. The first-order chi connectivity index (χ1) is 7.56. The second-order valence-corrected chi connectivity index (χ2v) is 6.17. The normalized spacial score (nSPS) is 23.9. The highest BCUT2D eigenvalue weighted by Crippen LogP contribution is 2.24. The van der Waals surface area contributed by atoms with E-state index in [4.69, 9.17) is 5.73 Å². The maximum Gasteiger partial charge on any atom is 0.0900 e. The minimum Gasteiger partial charge on any atom is -0.328 e. The topological polar surface area (TPSA) is 42.2 Å². The maximum atomic E-state index is 5.95. The molecule has 0 amide bonds. The monoisotopic (exact) mass is 239 g/mol. The van der Waals surface area contributed by atoms with E-state index in [0.717, 1.165) is 13.1 Å². The van der Waals surface area contributed by atoms with Gasteiger partial charge in [-0.15, -0.1) is 11.3 Å². The van der Waals surface area contributed by atoms with E-state index >= 15 is 0 Å². The molecule has 1 aromatic rings. The Morgan fingerprint density at radius 3 is 2.81 bits per heavy atom. The summed E-state index contributed by atoms with van der Waals surface area (Å²) in [5.74, 6) is 0.675. The molecule has 2 N–H and O–H groups in total. The Bertz CT molecular complexity index is 359. The summed E-state index contributed by atoms with van der Waals surface area (Å²) in [5, 5.41) is 1.18. The molecule has 4 heteroatoms. The fourth-order valence-corrected chi connectivity index (χ4v) is 3.34. The molecular weight excluding hydrogens is 218 g/mol. The summed E-state index contributed by atoms with van der Waals surface area (Å²) < 4.78 is 0. The molecule has 2 heterocycles. The van der Waals surface area contributed by atoms with Crippen molar-refractivity contribution in [1.29, 1.82) is 0 Å². The van der Waals surface area contributed by atoms with Gasteiger partial charge in [0.15, 0.2) is 0 Å². The number of thiazole rings is 1. The van der Waals surface area contributed by atoms with Gasteiger partial charge in [0.1, 0.15) is 0 Å². The third kappa shape index (κ3) is 2.62. The number of nitrogens with zero attached hydrogens (tertiary/aromatic N) is 2. The van der Waals surface area contributed by atoms with Gasteiger partial charge in [0, 0.05) is 24.0 Å². The summed E-state index contributed by atoms with van der Waals surface area (Å²) in [7, 11) is 0. The average Bonchev–Trinajstić information content (AvgIpc) is 2.75. The minimum atomic E-state index is 0.328. The molecular formula is C12H21N3S. The smallest absolute Gasteiger partial charge is 0.0900 e. The van der Waals surface area contributed by atoms with Gasteiger partial charge in [0.05, 0.1) is 10.7 Å².